The first-order chi connectivity index (χ1) is 13.0. The standard InChI is InChI=1S/C20H13F2NO4/c1-11-6-20(24)26-19-9-13(3-4-15(11)19)25-10-14-8-18(23-27-14)12-2-5-16(21)17(22)7-12/h2-9H,10H2,1H3. The number of fused-ring (bicyclic) bond motifs is 1. The van der Waals surface area contributed by atoms with Crippen LogP contribution >= 0.6 is 0 Å². The minimum Gasteiger partial charge on any atom is -0.485 e. The average Bonchev–Trinajstić information content (AvgIpc) is 3.11. The lowest BCUT2D eigenvalue weighted by atomic mass is 10.1. The van der Waals surface area contributed by atoms with Gasteiger partial charge in [-0.2, -0.15) is 0 Å². The summed E-state index contributed by atoms with van der Waals surface area (Å²) < 4.78 is 42.4. The summed E-state index contributed by atoms with van der Waals surface area (Å²) in [5.74, 6) is -0.993. The summed E-state index contributed by atoms with van der Waals surface area (Å²) in [5.41, 5.74) is 1.58. The number of hydrogen-bond acceptors (Lipinski definition) is 5. The third-order valence-electron chi connectivity index (χ3n) is 4.08. The fourth-order valence-electron chi connectivity index (χ4n) is 2.72. The lowest BCUT2D eigenvalue weighted by Crippen LogP contribution is -1.98. The Labute approximate surface area is 151 Å². The van der Waals surface area contributed by atoms with Crippen molar-refractivity contribution in [3.63, 3.8) is 0 Å². The molecular weight excluding hydrogens is 356 g/mol. The Morgan fingerprint density at radius 3 is 2.70 bits per heavy atom. The van der Waals surface area contributed by atoms with Gasteiger partial charge in [0.05, 0.1) is 0 Å². The first-order valence-electron chi connectivity index (χ1n) is 8.08. The van der Waals surface area contributed by atoms with Gasteiger partial charge in [0.25, 0.3) is 0 Å². The van der Waals surface area contributed by atoms with Gasteiger partial charge in [-0.05, 0) is 42.8 Å². The minimum atomic E-state index is -0.957. The van der Waals surface area contributed by atoms with Gasteiger partial charge in [0.15, 0.2) is 17.4 Å². The summed E-state index contributed by atoms with van der Waals surface area (Å²) >= 11 is 0. The molecule has 136 valence electrons. The van der Waals surface area contributed by atoms with Gasteiger partial charge in [-0.1, -0.05) is 5.16 Å². The number of halogens is 2. The zero-order chi connectivity index (χ0) is 19.0. The van der Waals surface area contributed by atoms with Crippen LogP contribution in [0.15, 0.2) is 62.3 Å². The zero-order valence-corrected chi connectivity index (χ0v) is 14.2. The maximum atomic E-state index is 13.3. The van der Waals surface area contributed by atoms with Crippen LogP contribution < -0.4 is 10.4 Å². The fourth-order valence-corrected chi connectivity index (χ4v) is 2.72. The molecule has 0 saturated carbocycles. The largest absolute Gasteiger partial charge is 0.485 e. The van der Waals surface area contributed by atoms with Gasteiger partial charge in [-0.3, -0.25) is 0 Å². The molecule has 0 N–H and O–H groups in total. The molecule has 2 aromatic heterocycles. The van der Waals surface area contributed by atoms with Crippen molar-refractivity contribution in [3.05, 3.63) is 81.9 Å². The van der Waals surface area contributed by atoms with Crippen LogP contribution in [0.5, 0.6) is 5.75 Å². The van der Waals surface area contributed by atoms with Gasteiger partial charge in [0.1, 0.15) is 23.6 Å². The van der Waals surface area contributed by atoms with E-state index in [0.29, 0.717) is 28.4 Å². The van der Waals surface area contributed by atoms with Crippen molar-refractivity contribution in [1.29, 1.82) is 0 Å². The Morgan fingerprint density at radius 1 is 1.04 bits per heavy atom. The van der Waals surface area contributed by atoms with Crippen LogP contribution in [0, 0.1) is 18.6 Å². The quantitative estimate of drug-likeness (QED) is 0.491. The van der Waals surface area contributed by atoms with Crippen LogP contribution in [0.1, 0.15) is 11.3 Å². The molecule has 7 heteroatoms. The highest BCUT2D eigenvalue weighted by molar-refractivity contribution is 5.81. The highest BCUT2D eigenvalue weighted by Crippen LogP contribution is 2.24. The van der Waals surface area contributed by atoms with Crippen LogP contribution in [0.25, 0.3) is 22.2 Å². The van der Waals surface area contributed by atoms with E-state index in [0.717, 1.165) is 23.1 Å². The van der Waals surface area contributed by atoms with Gasteiger partial charge in [-0.25, -0.2) is 13.6 Å². The number of aromatic nitrogens is 1. The monoisotopic (exact) mass is 369 g/mol. The molecule has 0 atom stereocenters. The third kappa shape index (κ3) is 3.44. The first kappa shape index (κ1) is 17.0. The van der Waals surface area contributed by atoms with Crippen LogP contribution in [-0.2, 0) is 6.61 Å². The van der Waals surface area contributed by atoms with Gasteiger partial charge in [-0.15, -0.1) is 0 Å². The first-order valence-corrected chi connectivity index (χ1v) is 8.08. The number of nitrogens with zero attached hydrogens (tertiary/aromatic N) is 1. The molecule has 0 bridgehead atoms. The predicted octanol–water partition coefficient (Wildman–Crippen LogP) is 4.61. The van der Waals surface area contributed by atoms with E-state index in [9.17, 15) is 13.6 Å². The lowest BCUT2D eigenvalue weighted by molar-refractivity contribution is 0.249. The van der Waals surface area contributed by atoms with E-state index in [4.69, 9.17) is 13.7 Å². The number of hydrogen-bond donors (Lipinski definition) is 0. The minimum absolute atomic E-state index is 0.0677. The second-order valence-corrected chi connectivity index (χ2v) is 6.00. The summed E-state index contributed by atoms with van der Waals surface area (Å²) in [5, 5.41) is 4.66. The molecule has 4 rings (SSSR count). The zero-order valence-electron chi connectivity index (χ0n) is 14.2. The van der Waals surface area contributed by atoms with E-state index < -0.39 is 17.3 Å². The molecule has 0 aliphatic heterocycles. The fraction of sp³-hybridized carbons (Fsp3) is 0.100. The van der Waals surface area contributed by atoms with E-state index in [1.165, 1.54) is 12.1 Å². The highest BCUT2D eigenvalue weighted by atomic mass is 19.2. The van der Waals surface area contributed by atoms with E-state index in [2.05, 4.69) is 5.16 Å². The summed E-state index contributed by atoms with van der Waals surface area (Å²) in [4.78, 5) is 11.5. The molecule has 0 aliphatic rings. The number of aryl methyl sites for hydroxylation is 1. The normalized spacial score (nSPS) is 11.1. The highest BCUT2D eigenvalue weighted by Gasteiger charge is 2.11. The van der Waals surface area contributed by atoms with E-state index in [1.54, 1.807) is 24.3 Å². The maximum absolute atomic E-state index is 13.3. The van der Waals surface area contributed by atoms with Gasteiger partial charge >= 0.3 is 5.63 Å². The number of ether oxygens (including phenoxy) is 1. The molecule has 27 heavy (non-hydrogen) atoms. The summed E-state index contributed by atoms with van der Waals surface area (Å²) in [6, 6.07) is 11.7. The molecule has 5 nitrogen and oxygen atoms in total. The molecule has 0 amide bonds. The van der Waals surface area contributed by atoms with Crippen LogP contribution in [0.2, 0.25) is 0 Å². The number of rotatable bonds is 4. The molecule has 0 saturated heterocycles. The molecule has 0 unspecified atom stereocenters. The maximum Gasteiger partial charge on any atom is 0.336 e. The van der Waals surface area contributed by atoms with Crippen LogP contribution in [0.4, 0.5) is 8.78 Å². The molecule has 0 spiro atoms. The Balaban J connectivity index is 1.52. The molecule has 2 aromatic carbocycles. The lowest BCUT2D eigenvalue weighted by Gasteiger charge is -2.05. The van der Waals surface area contributed by atoms with Crippen molar-refractivity contribution in [3.8, 4) is 17.0 Å². The Morgan fingerprint density at radius 2 is 1.89 bits per heavy atom. The Hall–Kier alpha value is -3.48. The van der Waals surface area contributed by atoms with Crippen molar-refractivity contribution in [2.75, 3.05) is 0 Å². The third-order valence-corrected chi connectivity index (χ3v) is 4.08. The average molecular weight is 369 g/mol. The Bertz CT molecular complexity index is 1200. The summed E-state index contributed by atoms with van der Waals surface area (Å²) in [6.45, 7) is 1.90. The van der Waals surface area contributed by atoms with Crippen molar-refractivity contribution in [2.45, 2.75) is 13.5 Å². The Kier molecular flexibility index (Phi) is 4.19. The summed E-state index contributed by atoms with van der Waals surface area (Å²) in [7, 11) is 0. The van der Waals surface area contributed by atoms with Crippen molar-refractivity contribution in [1.82, 2.24) is 5.16 Å². The topological polar surface area (TPSA) is 65.5 Å². The van der Waals surface area contributed by atoms with Crippen molar-refractivity contribution < 1.29 is 22.5 Å². The SMILES string of the molecule is Cc1cc(=O)oc2cc(OCc3cc(-c4ccc(F)c(F)c4)no3)ccc12. The molecular formula is C20H13F2NO4. The van der Waals surface area contributed by atoms with Crippen LogP contribution in [-0.4, -0.2) is 5.16 Å². The van der Waals surface area contributed by atoms with E-state index in [1.807, 2.05) is 6.92 Å². The second kappa shape index (κ2) is 6.68. The molecule has 2 heterocycles. The van der Waals surface area contributed by atoms with Gasteiger partial charge in [0.2, 0.25) is 0 Å². The van der Waals surface area contributed by atoms with Crippen LogP contribution in [0.3, 0.4) is 0 Å². The van der Waals surface area contributed by atoms with Crippen molar-refractivity contribution in [2.24, 2.45) is 0 Å². The van der Waals surface area contributed by atoms with E-state index >= 15 is 0 Å². The van der Waals surface area contributed by atoms with Gasteiger partial charge in [0, 0.05) is 29.1 Å². The second-order valence-electron chi connectivity index (χ2n) is 6.00. The smallest absolute Gasteiger partial charge is 0.336 e. The predicted molar refractivity (Wildman–Crippen MR) is 93.4 cm³/mol. The van der Waals surface area contributed by atoms with Gasteiger partial charge < -0.3 is 13.7 Å². The van der Waals surface area contributed by atoms with Crippen molar-refractivity contribution >= 4 is 11.0 Å². The molecule has 0 radical (unpaired) electrons. The number of benzene rings is 2. The molecule has 4 aromatic rings. The molecule has 0 aliphatic carbocycles. The molecule has 0 fully saturated rings. The van der Waals surface area contributed by atoms with E-state index in [-0.39, 0.29) is 6.61 Å². The summed E-state index contributed by atoms with van der Waals surface area (Å²) in [6.07, 6.45) is 0.